The van der Waals surface area contributed by atoms with Crippen LogP contribution < -0.4 is 15.4 Å². The van der Waals surface area contributed by atoms with Crippen molar-refractivity contribution < 1.29 is 18.6 Å². The van der Waals surface area contributed by atoms with E-state index in [1.54, 1.807) is 13.4 Å². The van der Waals surface area contributed by atoms with Gasteiger partial charge in [-0.1, -0.05) is 0 Å². The van der Waals surface area contributed by atoms with Crippen LogP contribution in [-0.2, 0) is 15.9 Å². The summed E-state index contributed by atoms with van der Waals surface area (Å²) in [6.45, 7) is 6.96. The first-order valence-corrected chi connectivity index (χ1v) is 9.58. The number of anilines is 1. The highest BCUT2D eigenvalue weighted by Crippen LogP contribution is 2.16. The quantitative estimate of drug-likeness (QED) is 0.192. The summed E-state index contributed by atoms with van der Waals surface area (Å²) in [5.74, 6) is 2.47. The smallest absolute Gasteiger partial charge is 0.195 e. The van der Waals surface area contributed by atoms with Gasteiger partial charge in [0.25, 0.3) is 0 Å². The predicted octanol–water partition coefficient (Wildman–Crippen LogP) is 3.95. The number of benzene rings is 1. The van der Waals surface area contributed by atoms with Crippen LogP contribution in [0.1, 0.15) is 19.6 Å². The lowest BCUT2D eigenvalue weighted by molar-refractivity contribution is 0.0748. The van der Waals surface area contributed by atoms with Crippen LogP contribution in [0.2, 0.25) is 0 Å². The Morgan fingerprint density at radius 2 is 1.90 bits per heavy atom. The monoisotopic (exact) mass is 517 g/mol. The van der Waals surface area contributed by atoms with Crippen molar-refractivity contribution in [3.8, 4) is 5.75 Å². The van der Waals surface area contributed by atoms with Crippen molar-refractivity contribution in [1.82, 2.24) is 5.32 Å². The van der Waals surface area contributed by atoms with Crippen LogP contribution in [0.15, 0.2) is 52.1 Å². The number of nitrogens with one attached hydrogen (secondary N) is 2. The maximum atomic E-state index is 5.68. The van der Waals surface area contributed by atoms with Crippen molar-refractivity contribution in [2.24, 2.45) is 4.99 Å². The molecule has 0 spiro atoms. The second kappa shape index (κ2) is 15.1. The Bertz CT molecular complexity index is 676. The van der Waals surface area contributed by atoms with Gasteiger partial charge in [-0.05, 0) is 50.2 Å². The Kier molecular flexibility index (Phi) is 13.2. The molecule has 0 unspecified atom stereocenters. The molecule has 29 heavy (non-hydrogen) atoms. The molecule has 2 rings (SSSR count). The van der Waals surface area contributed by atoms with Crippen molar-refractivity contribution >= 4 is 35.6 Å². The van der Waals surface area contributed by atoms with Gasteiger partial charge in [0.1, 0.15) is 11.5 Å². The summed E-state index contributed by atoms with van der Waals surface area (Å²) in [7, 11) is 1.66. The van der Waals surface area contributed by atoms with Crippen LogP contribution in [0.25, 0.3) is 0 Å². The molecule has 0 aliphatic rings. The van der Waals surface area contributed by atoms with Crippen LogP contribution >= 0.6 is 24.0 Å². The third kappa shape index (κ3) is 11.1. The first-order chi connectivity index (χ1) is 13.7. The van der Waals surface area contributed by atoms with Crippen LogP contribution in [0.4, 0.5) is 5.69 Å². The van der Waals surface area contributed by atoms with Gasteiger partial charge in [0.2, 0.25) is 0 Å². The highest BCUT2D eigenvalue weighted by molar-refractivity contribution is 14.0. The fraction of sp³-hybridized carbons (Fsp3) is 0.476. The molecule has 2 N–H and O–H groups in total. The summed E-state index contributed by atoms with van der Waals surface area (Å²) in [4.78, 5) is 4.57. The van der Waals surface area contributed by atoms with E-state index in [1.165, 1.54) is 0 Å². The van der Waals surface area contributed by atoms with E-state index in [4.69, 9.17) is 18.6 Å². The average molecular weight is 517 g/mol. The van der Waals surface area contributed by atoms with E-state index in [2.05, 4.69) is 15.6 Å². The Labute approximate surface area is 190 Å². The molecular weight excluding hydrogens is 485 g/mol. The van der Waals surface area contributed by atoms with Gasteiger partial charge < -0.3 is 29.3 Å². The second-order valence-corrected chi connectivity index (χ2v) is 6.41. The number of halogens is 1. The number of aliphatic imine (C=N–C) groups is 1. The van der Waals surface area contributed by atoms with E-state index in [1.807, 2.05) is 50.2 Å². The molecule has 0 saturated carbocycles. The number of ether oxygens (including phenoxy) is 3. The van der Waals surface area contributed by atoms with Crippen LogP contribution in [0.5, 0.6) is 5.75 Å². The number of hydrogen-bond donors (Lipinski definition) is 2. The summed E-state index contributed by atoms with van der Waals surface area (Å²) in [6, 6.07) is 11.7. The van der Waals surface area contributed by atoms with Crippen LogP contribution in [0, 0.1) is 0 Å². The number of methoxy groups -OCH3 is 1. The molecule has 162 valence electrons. The number of guanidine groups is 1. The van der Waals surface area contributed by atoms with E-state index >= 15 is 0 Å². The SMILES string of the molecule is COCCOCCN=C(NCCc1ccco1)Nc1ccc(OC(C)C)cc1.I. The average Bonchev–Trinajstić information content (AvgIpc) is 3.19. The molecule has 0 fully saturated rings. The predicted molar refractivity (Wildman–Crippen MR) is 127 cm³/mol. The van der Waals surface area contributed by atoms with Crippen LogP contribution in [-0.4, -0.2) is 52.1 Å². The summed E-state index contributed by atoms with van der Waals surface area (Å²) >= 11 is 0. The van der Waals surface area contributed by atoms with Gasteiger partial charge in [0.15, 0.2) is 5.96 Å². The Balaban J connectivity index is 0.00000420. The molecule has 0 aliphatic heterocycles. The zero-order valence-electron chi connectivity index (χ0n) is 17.3. The standard InChI is InChI=1S/C21H31N3O4.HI/c1-17(2)28-20-8-6-18(7-9-20)24-21(23-12-14-26-16-15-25-3)22-11-10-19-5-4-13-27-19;/h4-9,13,17H,10-12,14-16H2,1-3H3,(H2,22,23,24);1H. The Hall–Kier alpha value is -1.78. The van der Waals surface area contributed by atoms with Crippen molar-refractivity contribution in [3.63, 3.8) is 0 Å². The normalized spacial score (nSPS) is 11.2. The number of nitrogens with zero attached hydrogens (tertiary/aromatic N) is 1. The highest BCUT2D eigenvalue weighted by Gasteiger charge is 2.03. The van der Waals surface area contributed by atoms with E-state index in [9.17, 15) is 0 Å². The van der Waals surface area contributed by atoms with Crippen LogP contribution in [0.3, 0.4) is 0 Å². The molecule has 0 saturated heterocycles. The van der Waals surface area contributed by atoms with Crippen molar-refractivity contribution in [2.45, 2.75) is 26.4 Å². The molecule has 2 aromatic rings. The lowest BCUT2D eigenvalue weighted by atomic mass is 10.3. The van der Waals surface area contributed by atoms with Crippen molar-refractivity contribution in [2.75, 3.05) is 45.3 Å². The fourth-order valence-electron chi connectivity index (χ4n) is 2.39. The Morgan fingerprint density at radius 3 is 2.55 bits per heavy atom. The molecule has 1 aromatic heterocycles. The number of hydrogen-bond acceptors (Lipinski definition) is 5. The third-order valence-electron chi connectivity index (χ3n) is 3.67. The summed E-state index contributed by atoms with van der Waals surface area (Å²) in [6.07, 6.45) is 2.61. The maximum Gasteiger partial charge on any atom is 0.195 e. The summed E-state index contributed by atoms with van der Waals surface area (Å²) < 4.78 is 21.5. The maximum absolute atomic E-state index is 5.68. The van der Waals surface area contributed by atoms with E-state index in [0.29, 0.717) is 38.9 Å². The van der Waals surface area contributed by atoms with Gasteiger partial charge in [0, 0.05) is 25.8 Å². The van der Waals surface area contributed by atoms with Gasteiger partial charge in [-0.2, -0.15) is 0 Å². The van der Waals surface area contributed by atoms with Gasteiger partial charge in [-0.25, -0.2) is 0 Å². The minimum atomic E-state index is 0. The van der Waals surface area contributed by atoms with E-state index in [-0.39, 0.29) is 30.1 Å². The molecule has 7 nitrogen and oxygen atoms in total. The first-order valence-electron chi connectivity index (χ1n) is 9.58. The zero-order chi connectivity index (χ0) is 20.0. The molecule has 0 aliphatic carbocycles. The molecule has 0 amide bonds. The molecule has 0 atom stereocenters. The largest absolute Gasteiger partial charge is 0.491 e. The summed E-state index contributed by atoms with van der Waals surface area (Å²) in [5.41, 5.74) is 0.931. The van der Waals surface area contributed by atoms with Gasteiger partial charge >= 0.3 is 0 Å². The van der Waals surface area contributed by atoms with Gasteiger partial charge in [0.05, 0.1) is 38.7 Å². The lowest BCUT2D eigenvalue weighted by Crippen LogP contribution is -2.33. The molecule has 0 bridgehead atoms. The molecule has 1 aromatic carbocycles. The zero-order valence-corrected chi connectivity index (χ0v) is 19.7. The highest BCUT2D eigenvalue weighted by atomic mass is 127. The third-order valence-corrected chi connectivity index (χ3v) is 3.67. The summed E-state index contributed by atoms with van der Waals surface area (Å²) in [5, 5.41) is 6.64. The second-order valence-electron chi connectivity index (χ2n) is 6.41. The molecule has 8 heteroatoms. The van der Waals surface area contributed by atoms with E-state index < -0.39 is 0 Å². The topological polar surface area (TPSA) is 77.2 Å². The minimum Gasteiger partial charge on any atom is -0.491 e. The van der Waals surface area contributed by atoms with Gasteiger partial charge in [-0.3, -0.25) is 4.99 Å². The number of furan rings is 1. The molecule has 0 radical (unpaired) electrons. The number of rotatable bonds is 12. The van der Waals surface area contributed by atoms with Gasteiger partial charge in [-0.15, -0.1) is 24.0 Å². The fourth-order valence-corrected chi connectivity index (χ4v) is 2.39. The van der Waals surface area contributed by atoms with Crippen molar-refractivity contribution in [3.05, 3.63) is 48.4 Å². The van der Waals surface area contributed by atoms with Crippen molar-refractivity contribution in [1.29, 1.82) is 0 Å². The lowest BCUT2D eigenvalue weighted by Gasteiger charge is -2.14. The first kappa shape index (κ1) is 25.3. The molecule has 1 heterocycles. The minimum absolute atomic E-state index is 0. The molecular formula is C21H32IN3O4. The van der Waals surface area contributed by atoms with E-state index in [0.717, 1.165) is 23.6 Å². The Morgan fingerprint density at radius 1 is 1.10 bits per heavy atom.